The number of halogens is 3. The van der Waals surface area contributed by atoms with Crippen LogP contribution in [-0.2, 0) is 9.53 Å². The minimum absolute atomic E-state index is 0.00629. The molecule has 122 valence electrons. The summed E-state index contributed by atoms with van der Waals surface area (Å²) in [5.74, 6) is -0.542. The van der Waals surface area contributed by atoms with E-state index in [0.717, 1.165) is 0 Å². The van der Waals surface area contributed by atoms with Gasteiger partial charge in [0.2, 0.25) is 0 Å². The first kappa shape index (κ1) is 17.7. The van der Waals surface area contributed by atoms with Gasteiger partial charge in [0.15, 0.2) is 11.9 Å². The molecule has 1 N–H and O–H groups in total. The van der Waals surface area contributed by atoms with E-state index in [1.807, 2.05) is 0 Å². The van der Waals surface area contributed by atoms with Gasteiger partial charge in [-0.25, -0.2) is 4.79 Å². The maximum absolute atomic E-state index is 11.4. The van der Waals surface area contributed by atoms with E-state index in [0.29, 0.717) is 16.3 Å². The predicted molar refractivity (Wildman–Crippen MR) is 88.5 cm³/mol. The van der Waals surface area contributed by atoms with E-state index < -0.39 is 12.1 Å². The van der Waals surface area contributed by atoms with E-state index in [1.54, 1.807) is 18.2 Å². The Kier molecular flexibility index (Phi) is 5.57. The molecule has 0 fully saturated rings. The Morgan fingerprint density at radius 2 is 1.96 bits per heavy atom. The Morgan fingerprint density at radius 3 is 2.61 bits per heavy atom. The number of esters is 1. The lowest BCUT2D eigenvalue weighted by Gasteiger charge is -2.15. The topological polar surface area (TPSA) is 68.7 Å². The van der Waals surface area contributed by atoms with E-state index in [-0.39, 0.29) is 21.5 Å². The molecule has 5 nitrogen and oxygen atoms in total. The molecule has 1 aromatic heterocycles. The largest absolute Gasteiger partial charge is 0.505 e. The highest BCUT2D eigenvalue weighted by Gasteiger charge is 2.18. The average Bonchev–Trinajstić information content (AvgIpc) is 2.54. The number of rotatable bonds is 4. The van der Waals surface area contributed by atoms with Crippen molar-refractivity contribution in [3.05, 3.63) is 39.5 Å². The average molecular weight is 377 g/mol. The molecular weight excluding hydrogens is 365 g/mol. The van der Waals surface area contributed by atoms with Crippen molar-refractivity contribution in [2.45, 2.75) is 13.0 Å². The van der Waals surface area contributed by atoms with Crippen LogP contribution in [0.4, 0.5) is 0 Å². The Hall–Kier alpha value is -1.69. The van der Waals surface area contributed by atoms with Gasteiger partial charge in [-0.15, -0.1) is 0 Å². The number of benzene rings is 1. The molecule has 0 aliphatic heterocycles. The van der Waals surface area contributed by atoms with Gasteiger partial charge in [-0.05, 0) is 19.1 Å². The van der Waals surface area contributed by atoms with Crippen molar-refractivity contribution in [3.8, 4) is 22.8 Å². The molecule has 0 saturated heterocycles. The SMILES string of the molecule is COC(=O)C(C)Oc1cc(-c2ncc(Cl)c(O)c2Cl)ccc1Cl. The van der Waals surface area contributed by atoms with E-state index in [1.165, 1.54) is 20.2 Å². The molecule has 0 saturated carbocycles. The van der Waals surface area contributed by atoms with Gasteiger partial charge in [0, 0.05) is 5.56 Å². The third-order valence-electron chi connectivity index (χ3n) is 2.99. The maximum atomic E-state index is 11.4. The molecule has 1 atom stereocenters. The quantitative estimate of drug-likeness (QED) is 0.803. The highest BCUT2D eigenvalue weighted by Crippen LogP contribution is 2.39. The third kappa shape index (κ3) is 3.80. The van der Waals surface area contributed by atoms with E-state index in [4.69, 9.17) is 39.5 Å². The van der Waals surface area contributed by atoms with Gasteiger partial charge in [-0.1, -0.05) is 40.9 Å². The van der Waals surface area contributed by atoms with Gasteiger partial charge in [0.25, 0.3) is 0 Å². The number of hydrogen-bond acceptors (Lipinski definition) is 5. The van der Waals surface area contributed by atoms with Crippen molar-refractivity contribution in [2.75, 3.05) is 7.11 Å². The van der Waals surface area contributed by atoms with Gasteiger partial charge in [0.1, 0.15) is 15.8 Å². The van der Waals surface area contributed by atoms with Crippen molar-refractivity contribution >= 4 is 40.8 Å². The zero-order valence-electron chi connectivity index (χ0n) is 12.1. The smallest absolute Gasteiger partial charge is 0.346 e. The molecule has 1 aromatic carbocycles. The molecule has 1 unspecified atom stereocenters. The summed E-state index contributed by atoms with van der Waals surface area (Å²) in [5.41, 5.74) is 0.847. The first-order valence-corrected chi connectivity index (χ1v) is 7.56. The summed E-state index contributed by atoms with van der Waals surface area (Å²) in [4.78, 5) is 15.5. The lowest BCUT2D eigenvalue weighted by molar-refractivity contribution is -0.147. The van der Waals surface area contributed by atoms with Crippen molar-refractivity contribution in [2.24, 2.45) is 0 Å². The lowest BCUT2D eigenvalue weighted by atomic mass is 10.1. The maximum Gasteiger partial charge on any atom is 0.346 e. The summed E-state index contributed by atoms with van der Waals surface area (Å²) < 4.78 is 10.1. The third-order valence-corrected chi connectivity index (χ3v) is 3.94. The highest BCUT2D eigenvalue weighted by atomic mass is 35.5. The van der Waals surface area contributed by atoms with Crippen LogP contribution in [0.2, 0.25) is 15.1 Å². The minimum Gasteiger partial charge on any atom is -0.505 e. The van der Waals surface area contributed by atoms with E-state index >= 15 is 0 Å². The van der Waals surface area contributed by atoms with E-state index in [2.05, 4.69) is 9.72 Å². The highest BCUT2D eigenvalue weighted by molar-refractivity contribution is 6.38. The molecule has 8 heteroatoms. The molecule has 0 spiro atoms. The molecule has 0 amide bonds. The zero-order valence-corrected chi connectivity index (χ0v) is 14.4. The minimum atomic E-state index is -0.838. The fourth-order valence-corrected chi connectivity index (χ4v) is 2.42. The van der Waals surface area contributed by atoms with Crippen LogP contribution in [0, 0.1) is 0 Å². The number of pyridine rings is 1. The summed E-state index contributed by atoms with van der Waals surface area (Å²) in [7, 11) is 1.26. The summed E-state index contributed by atoms with van der Waals surface area (Å²) in [6, 6.07) is 4.78. The Balaban J connectivity index is 2.41. The number of ether oxygens (including phenoxy) is 2. The first-order valence-electron chi connectivity index (χ1n) is 6.42. The van der Waals surface area contributed by atoms with Gasteiger partial charge >= 0.3 is 5.97 Å². The van der Waals surface area contributed by atoms with Crippen LogP contribution in [0.5, 0.6) is 11.5 Å². The van der Waals surface area contributed by atoms with Crippen molar-refractivity contribution < 1.29 is 19.4 Å². The number of methoxy groups -OCH3 is 1. The predicted octanol–water partition coefficient (Wildman–Crippen LogP) is 4.35. The van der Waals surface area contributed by atoms with Gasteiger partial charge in [-0.3, -0.25) is 4.98 Å². The van der Waals surface area contributed by atoms with Crippen LogP contribution in [0.25, 0.3) is 11.3 Å². The number of aromatic hydroxyl groups is 1. The van der Waals surface area contributed by atoms with Crippen molar-refractivity contribution in [1.82, 2.24) is 4.98 Å². The van der Waals surface area contributed by atoms with Gasteiger partial charge < -0.3 is 14.6 Å². The molecule has 23 heavy (non-hydrogen) atoms. The Bertz CT molecular complexity index is 752. The first-order chi connectivity index (χ1) is 10.8. The normalized spacial score (nSPS) is 11.9. The number of carbonyl (C=O) groups is 1. The van der Waals surface area contributed by atoms with Crippen LogP contribution >= 0.6 is 34.8 Å². The van der Waals surface area contributed by atoms with Gasteiger partial charge in [0.05, 0.1) is 24.0 Å². The second-order valence-corrected chi connectivity index (χ2v) is 5.74. The second-order valence-electron chi connectivity index (χ2n) is 4.55. The molecule has 0 aliphatic carbocycles. The molecule has 1 heterocycles. The summed E-state index contributed by atoms with van der Waals surface area (Å²) in [6.45, 7) is 1.54. The molecule has 0 aliphatic rings. The number of nitrogens with zero attached hydrogens (tertiary/aromatic N) is 1. The number of aromatic nitrogens is 1. The number of carbonyl (C=O) groups excluding carboxylic acids is 1. The second kappa shape index (κ2) is 7.25. The summed E-state index contributed by atoms with van der Waals surface area (Å²) in [5, 5.41) is 10.2. The van der Waals surface area contributed by atoms with Crippen LogP contribution in [0.3, 0.4) is 0 Å². The van der Waals surface area contributed by atoms with Gasteiger partial charge in [-0.2, -0.15) is 0 Å². The Labute approximate surface area is 147 Å². The standard InChI is InChI=1S/C15H12Cl3NO4/c1-7(15(21)22-2)23-11-5-8(3-4-9(11)16)13-12(18)14(20)10(17)6-19-13/h3-7H,1-2H3,(H,19,20). The fourth-order valence-electron chi connectivity index (χ4n) is 1.80. The Morgan fingerprint density at radius 1 is 1.26 bits per heavy atom. The van der Waals surface area contributed by atoms with Crippen molar-refractivity contribution in [1.29, 1.82) is 0 Å². The molecule has 0 radical (unpaired) electrons. The lowest BCUT2D eigenvalue weighted by Crippen LogP contribution is -2.25. The van der Waals surface area contributed by atoms with Crippen molar-refractivity contribution in [3.63, 3.8) is 0 Å². The van der Waals surface area contributed by atoms with Crippen LogP contribution in [0.15, 0.2) is 24.4 Å². The zero-order chi connectivity index (χ0) is 17.1. The molecule has 0 bridgehead atoms. The number of hydrogen-bond donors (Lipinski definition) is 1. The van der Waals surface area contributed by atoms with Crippen LogP contribution in [0.1, 0.15) is 6.92 Å². The van der Waals surface area contributed by atoms with Crippen LogP contribution < -0.4 is 4.74 Å². The monoisotopic (exact) mass is 375 g/mol. The fraction of sp³-hybridized carbons (Fsp3) is 0.200. The summed E-state index contributed by atoms with van der Waals surface area (Å²) >= 11 is 17.9. The molecule has 2 rings (SSSR count). The molecular formula is C15H12Cl3NO4. The summed E-state index contributed by atoms with van der Waals surface area (Å²) in [6.07, 6.45) is 0.444. The van der Waals surface area contributed by atoms with E-state index in [9.17, 15) is 9.90 Å². The molecule has 2 aromatic rings. The van der Waals surface area contributed by atoms with Crippen LogP contribution in [-0.4, -0.2) is 29.3 Å².